The van der Waals surface area contributed by atoms with Gasteiger partial charge in [-0.25, -0.2) is 0 Å². The number of nitrogens with zero attached hydrogens (tertiary/aromatic N) is 2. The van der Waals surface area contributed by atoms with E-state index in [1.807, 2.05) is 0 Å². The summed E-state index contributed by atoms with van der Waals surface area (Å²) in [6.07, 6.45) is 4.58. The van der Waals surface area contributed by atoms with Gasteiger partial charge >= 0.3 is 0 Å². The van der Waals surface area contributed by atoms with Gasteiger partial charge in [0.25, 0.3) is 11.1 Å². The third-order valence-corrected chi connectivity index (χ3v) is 5.36. The molecule has 2 saturated heterocycles. The monoisotopic (exact) mass is 390 g/mol. The molecule has 2 aliphatic heterocycles. The van der Waals surface area contributed by atoms with Crippen molar-refractivity contribution in [1.29, 1.82) is 0 Å². The molecule has 0 aromatic heterocycles. The maximum Gasteiger partial charge on any atom is 0.294 e. The number of piperidine rings is 1. The zero-order chi connectivity index (χ0) is 19.4. The lowest BCUT2D eigenvalue weighted by Gasteiger charge is -2.27. The number of imide groups is 1. The Morgan fingerprint density at radius 1 is 1.26 bits per heavy atom. The van der Waals surface area contributed by atoms with Gasteiger partial charge < -0.3 is 14.7 Å². The number of aromatic hydroxyl groups is 1. The molecule has 1 aromatic rings. The van der Waals surface area contributed by atoms with Gasteiger partial charge in [0.05, 0.1) is 11.5 Å². The van der Waals surface area contributed by atoms with E-state index in [9.17, 15) is 19.5 Å². The molecule has 0 unspecified atom stereocenters. The molecule has 3 amide bonds. The van der Waals surface area contributed by atoms with Gasteiger partial charge in [-0.3, -0.25) is 19.3 Å². The lowest BCUT2D eigenvalue weighted by molar-refractivity contribution is -0.136. The van der Waals surface area contributed by atoms with Gasteiger partial charge in [0.1, 0.15) is 6.54 Å². The van der Waals surface area contributed by atoms with E-state index in [2.05, 4.69) is 0 Å². The molecule has 27 heavy (non-hydrogen) atoms. The van der Waals surface area contributed by atoms with Gasteiger partial charge in [-0.15, -0.1) is 0 Å². The Morgan fingerprint density at radius 2 is 2.00 bits per heavy atom. The Kier molecular flexibility index (Phi) is 6.05. The summed E-state index contributed by atoms with van der Waals surface area (Å²) < 4.78 is 5.33. The van der Waals surface area contributed by atoms with Gasteiger partial charge in [0, 0.05) is 13.1 Å². The highest BCUT2D eigenvalue weighted by atomic mass is 32.2. The number of thioether (sulfide) groups is 1. The van der Waals surface area contributed by atoms with Gasteiger partial charge in [-0.1, -0.05) is 6.07 Å². The van der Waals surface area contributed by atoms with Crippen LogP contribution < -0.4 is 4.74 Å². The number of rotatable bonds is 5. The maximum atomic E-state index is 12.6. The zero-order valence-electron chi connectivity index (χ0n) is 15.1. The number of hydrogen-bond donors (Lipinski definition) is 1. The smallest absolute Gasteiger partial charge is 0.294 e. The Morgan fingerprint density at radius 3 is 2.70 bits per heavy atom. The van der Waals surface area contributed by atoms with Crippen LogP contribution in [0.15, 0.2) is 23.1 Å². The fourth-order valence-corrected chi connectivity index (χ4v) is 3.90. The molecule has 0 atom stereocenters. The van der Waals surface area contributed by atoms with Gasteiger partial charge in [-0.2, -0.15) is 0 Å². The van der Waals surface area contributed by atoms with Crippen molar-refractivity contribution >= 4 is 34.9 Å². The van der Waals surface area contributed by atoms with E-state index in [4.69, 9.17) is 4.74 Å². The SMILES string of the molecule is CCOc1cc(/C=C2\SC(=O)N(CC(=O)N3CCCCC3)C2=O)ccc1O. The first-order valence-corrected chi connectivity index (χ1v) is 9.80. The number of carbonyl (C=O) groups is 3. The first kappa shape index (κ1) is 19.3. The Balaban J connectivity index is 1.72. The molecule has 0 spiro atoms. The minimum absolute atomic E-state index is 0.00855. The van der Waals surface area contributed by atoms with Crippen molar-refractivity contribution in [3.05, 3.63) is 28.7 Å². The summed E-state index contributed by atoms with van der Waals surface area (Å²) >= 11 is 0.813. The largest absolute Gasteiger partial charge is 0.504 e. The van der Waals surface area contributed by atoms with Crippen molar-refractivity contribution < 1.29 is 24.2 Å². The number of phenols is 1. The molecule has 3 rings (SSSR count). The van der Waals surface area contributed by atoms with Crippen LogP contribution >= 0.6 is 11.8 Å². The average Bonchev–Trinajstić information content (AvgIpc) is 2.92. The van der Waals surface area contributed by atoms with Crippen LogP contribution in [-0.4, -0.2) is 58.2 Å². The molecule has 1 N–H and O–H groups in total. The predicted molar refractivity (Wildman–Crippen MR) is 102 cm³/mol. The highest BCUT2D eigenvalue weighted by molar-refractivity contribution is 8.18. The van der Waals surface area contributed by atoms with E-state index >= 15 is 0 Å². The minimum Gasteiger partial charge on any atom is -0.504 e. The fraction of sp³-hybridized carbons (Fsp3) is 0.421. The Hall–Kier alpha value is -2.48. The lowest BCUT2D eigenvalue weighted by atomic mass is 10.1. The molecule has 7 nitrogen and oxygen atoms in total. The second-order valence-corrected chi connectivity index (χ2v) is 7.36. The van der Waals surface area contributed by atoms with Crippen LogP contribution in [0.3, 0.4) is 0 Å². The molecule has 144 valence electrons. The predicted octanol–water partition coefficient (Wildman–Crippen LogP) is 2.84. The standard InChI is InChI=1S/C19H22N2O5S/c1-2-26-15-10-13(6-7-14(15)22)11-16-18(24)21(19(25)27-16)12-17(23)20-8-4-3-5-9-20/h6-7,10-11,22H,2-5,8-9,12H2,1H3/b16-11-. The van der Waals surface area contributed by atoms with E-state index < -0.39 is 11.1 Å². The summed E-state index contributed by atoms with van der Waals surface area (Å²) in [5.41, 5.74) is 0.629. The van der Waals surface area contributed by atoms with Crippen LogP contribution in [0.25, 0.3) is 6.08 Å². The van der Waals surface area contributed by atoms with Crippen molar-refractivity contribution in [2.45, 2.75) is 26.2 Å². The van der Waals surface area contributed by atoms with Crippen LogP contribution in [-0.2, 0) is 9.59 Å². The van der Waals surface area contributed by atoms with E-state index in [0.29, 0.717) is 31.0 Å². The molecule has 2 aliphatic rings. The van der Waals surface area contributed by atoms with Crippen LogP contribution in [0.2, 0.25) is 0 Å². The average molecular weight is 390 g/mol. The first-order valence-electron chi connectivity index (χ1n) is 8.98. The second-order valence-electron chi connectivity index (χ2n) is 6.37. The zero-order valence-corrected chi connectivity index (χ0v) is 16.0. The van der Waals surface area contributed by atoms with Crippen molar-refractivity contribution in [3.8, 4) is 11.5 Å². The number of hydrogen-bond acceptors (Lipinski definition) is 6. The van der Waals surface area contributed by atoms with Crippen LogP contribution in [0.4, 0.5) is 4.79 Å². The number of benzene rings is 1. The number of amides is 3. The highest BCUT2D eigenvalue weighted by Crippen LogP contribution is 2.34. The number of carbonyl (C=O) groups excluding carboxylic acids is 3. The molecular weight excluding hydrogens is 368 g/mol. The normalized spacial score (nSPS) is 19.1. The van der Waals surface area contributed by atoms with Crippen molar-refractivity contribution in [1.82, 2.24) is 9.80 Å². The van der Waals surface area contributed by atoms with E-state index in [-0.39, 0.29) is 23.1 Å². The minimum atomic E-state index is -0.471. The molecule has 2 heterocycles. The van der Waals surface area contributed by atoms with E-state index in [1.54, 1.807) is 30.0 Å². The van der Waals surface area contributed by atoms with Crippen molar-refractivity contribution in [3.63, 3.8) is 0 Å². The molecule has 1 aromatic carbocycles. The highest BCUT2D eigenvalue weighted by Gasteiger charge is 2.37. The summed E-state index contributed by atoms with van der Waals surface area (Å²) in [4.78, 5) is 40.1. The molecule has 8 heteroatoms. The lowest BCUT2D eigenvalue weighted by Crippen LogP contribution is -2.44. The molecule has 0 radical (unpaired) electrons. The third-order valence-electron chi connectivity index (χ3n) is 4.46. The Labute approximate surface area is 162 Å². The van der Waals surface area contributed by atoms with Crippen LogP contribution in [0, 0.1) is 0 Å². The second kappa shape index (κ2) is 8.47. The summed E-state index contributed by atoms with van der Waals surface area (Å²) in [5.74, 6) is -0.345. The molecule has 0 aliphatic carbocycles. The quantitative estimate of drug-likeness (QED) is 0.778. The summed E-state index contributed by atoms with van der Waals surface area (Å²) in [6.45, 7) is 3.34. The summed E-state index contributed by atoms with van der Waals surface area (Å²) in [6, 6.07) is 4.71. The molecule has 0 saturated carbocycles. The molecule has 2 fully saturated rings. The number of phenolic OH excluding ortho intramolecular Hbond substituents is 1. The van der Waals surface area contributed by atoms with Crippen LogP contribution in [0.5, 0.6) is 11.5 Å². The van der Waals surface area contributed by atoms with Crippen molar-refractivity contribution in [2.75, 3.05) is 26.2 Å². The number of ether oxygens (including phenoxy) is 1. The Bertz CT molecular complexity index is 786. The third kappa shape index (κ3) is 4.44. The molecular formula is C19H22N2O5S. The summed E-state index contributed by atoms with van der Waals surface area (Å²) in [5, 5.41) is 9.32. The van der Waals surface area contributed by atoms with E-state index in [1.165, 1.54) is 6.07 Å². The molecule has 0 bridgehead atoms. The summed E-state index contributed by atoms with van der Waals surface area (Å²) in [7, 11) is 0. The van der Waals surface area contributed by atoms with E-state index in [0.717, 1.165) is 35.9 Å². The van der Waals surface area contributed by atoms with Gasteiger partial charge in [0.2, 0.25) is 5.91 Å². The topological polar surface area (TPSA) is 87.2 Å². The number of likely N-dealkylation sites (tertiary alicyclic amines) is 1. The first-order chi connectivity index (χ1) is 13.0. The van der Waals surface area contributed by atoms with Crippen molar-refractivity contribution in [2.24, 2.45) is 0 Å². The van der Waals surface area contributed by atoms with Gasteiger partial charge in [0.15, 0.2) is 11.5 Å². The van der Waals surface area contributed by atoms with Crippen LogP contribution in [0.1, 0.15) is 31.7 Å². The maximum absolute atomic E-state index is 12.6. The van der Waals surface area contributed by atoms with Gasteiger partial charge in [-0.05, 0) is 61.7 Å². The fourth-order valence-electron chi connectivity index (χ4n) is 3.06.